The summed E-state index contributed by atoms with van der Waals surface area (Å²) in [4.78, 5) is 22.0. The van der Waals surface area contributed by atoms with Crippen molar-refractivity contribution in [2.75, 3.05) is 6.54 Å². The quantitative estimate of drug-likeness (QED) is 0.418. The maximum Gasteiger partial charge on any atom is 0.256 e. The third-order valence-electron chi connectivity index (χ3n) is 6.31. The molecule has 2 aromatic heterocycles. The number of aromatic nitrogens is 5. The zero-order chi connectivity index (χ0) is 22.6. The van der Waals surface area contributed by atoms with Gasteiger partial charge in [0.15, 0.2) is 0 Å². The predicted octanol–water partition coefficient (Wildman–Crippen LogP) is 4.52. The SMILES string of the molecule is Cc1ccc(-n2nccn2)c(C(=O)N2CCCC2(C)c2nc3cc(F)c(Br)cc3n2C)c1. The van der Waals surface area contributed by atoms with Crippen LogP contribution in [-0.4, -0.2) is 41.9 Å². The zero-order valence-corrected chi connectivity index (χ0v) is 19.6. The van der Waals surface area contributed by atoms with Gasteiger partial charge in [-0.05, 0) is 60.8 Å². The maximum atomic E-state index is 14.1. The van der Waals surface area contributed by atoms with Crippen molar-refractivity contribution < 1.29 is 9.18 Å². The molecule has 0 aliphatic carbocycles. The molecule has 1 saturated heterocycles. The van der Waals surface area contributed by atoms with Crippen molar-refractivity contribution in [3.8, 4) is 5.69 Å². The molecule has 9 heteroatoms. The highest BCUT2D eigenvalue weighted by Crippen LogP contribution is 2.40. The van der Waals surface area contributed by atoms with Crippen LogP contribution in [0.5, 0.6) is 0 Å². The van der Waals surface area contributed by atoms with E-state index in [0.717, 1.165) is 29.7 Å². The van der Waals surface area contributed by atoms with Crippen molar-refractivity contribution in [1.82, 2.24) is 29.4 Å². The number of hydrogen-bond donors (Lipinski definition) is 0. The Bertz CT molecular complexity index is 1350. The first kappa shape index (κ1) is 20.8. The predicted molar refractivity (Wildman–Crippen MR) is 122 cm³/mol. The number of likely N-dealkylation sites (tertiary alicyclic amines) is 1. The summed E-state index contributed by atoms with van der Waals surface area (Å²) < 4.78 is 16.5. The molecule has 1 aliphatic heterocycles. The number of amides is 1. The highest BCUT2D eigenvalue weighted by Gasteiger charge is 2.45. The van der Waals surface area contributed by atoms with E-state index in [2.05, 4.69) is 26.1 Å². The van der Waals surface area contributed by atoms with E-state index in [4.69, 9.17) is 4.98 Å². The lowest BCUT2D eigenvalue weighted by Crippen LogP contribution is -2.44. The molecule has 0 spiro atoms. The lowest BCUT2D eigenvalue weighted by Gasteiger charge is -2.35. The second kappa shape index (κ2) is 7.51. The van der Waals surface area contributed by atoms with Crippen LogP contribution in [0.15, 0.2) is 47.2 Å². The molecule has 164 valence electrons. The molecule has 0 radical (unpaired) electrons. The van der Waals surface area contributed by atoms with Crippen LogP contribution in [0.3, 0.4) is 0 Å². The van der Waals surface area contributed by atoms with Crippen molar-refractivity contribution in [2.24, 2.45) is 7.05 Å². The van der Waals surface area contributed by atoms with E-state index < -0.39 is 5.54 Å². The second-order valence-corrected chi connectivity index (χ2v) is 9.28. The van der Waals surface area contributed by atoms with E-state index in [1.165, 1.54) is 10.9 Å². The minimum absolute atomic E-state index is 0.0968. The summed E-state index contributed by atoms with van der Waals surface area (Å²) in [6.07, 6.45) is 4.79. The van der Waals surface area contributed by atoms with Crippen LogP contribution >= 0.6 is 15.9 Å². The molecule has 1 aliphatic rings. The van der Waals surface area contributed by atoms with E-state index in [0.29, 0.717) is 27.8 Å². The van der Waals surface area contributed by atoms with Gasteiger partial charge < -0.3 is 9.47 Å². The van der Waals surface area contributed by atoms with Crippen molar-refractivity contribution in [3.63, 3.8) is 0 Å². The Kier molecular flexibility index (Phi) is 4.88. The standard InChI is InChI=1S/C23H22BrFN6O/c1-14-5-6-19(31-26-8-9-27-31)15(11-14)21(32)30-10-4-7-23(30,2)22-28-18-13-17(25)16(24)12-20(18)29(22)3/h5-6,8-9,11-13H,4,7,10H2,1-3H3. The number of halogens is 2. The van der Waals surface area contributed by atoms with Gasteiger partial charge in [0.25, 0.3) is 5.91 Å². The first-order chi connectivity index (χ1) is 15.3. The minimum Gasteiger partial charge on any atom is -0.329 e. The summed E-state index contributed by atoms with van der Waals surface area (Å²) >= 11 is 3.26. The monoisotopic (exact) mass is 496 g/mol. The lowest BCUT2D eigenvalue weighted by atomic mass is 9.96. The Morgan fingerprint density at radius 1 is 1.19 bits per heavy atom. The fraction of sp³-hybridized carbons (Fsp3) is 0.304. The number of hydrogen-bond acceptors (Lipinski definition) is 4. The summed E-state index contributed by atoms with van der Waals surface area (Å²) in [5.41, 5.74) is 2.91. The molecule has 0 bridgehead atoms. The zero-order valence-electron chi connectivity index (χ0n) is 18.0. The molecular weight excluding hydrogens is 475 g/mol. The van der Waals surface area contributed by atoms with Gasteiger partial charge in [-0.25, -0.2) is 9.37 Å². The molecule has 4 aromatic rings. The first-order valence-electron chi connectivity index (χ1n) is 10.4. The maximum absolute atomic E-state index is 14.1. The molecule has 1 unspecified atom stereocenters. The number of fused-ring (bicyclic) bond motifs is 1. The average molecular weight is 497 g/mol. The highest BCUT2D eigenvalue weighted by atomic mass is 79.9. The molecule has 32 heavy (non-hydrogen) atoms. The first-order valence-corrected chi connectivity index (χ1v) is 11.2. The lowest BCUT2D eigenvalue weighted by molar-refractivity contribution is 0.0599. The topological polar surface area (TPSA) is 68.8 Å². The third-order valence-corrected chi connectivity index (χ3v) is 6.92. The van der Waals surface area contributed by atoms with E-state index in [1.807, 2.05) is 48.6 Å². The molecule has 1 amide bonds. The molecule has 3 heterocycles. The van der Waals surface area contributed by atoms with Gasteiger partial charge in [-0.3, -0.25) is 4.79 Å². The van der Waals surface area contributed by atoms with Gasteiger partial charge in [0.05, 0.1) is 44.7 Å². The second-order valence-electron chi connectivity index (χ2n) is 8.42. The molecule has 7 nitrogen and oxygen atoms in total. The molecule has 1 atom stereocenters. The van der Waals surface area contributed by atoms with Crippen molar-refractivity contribution in [3.05, 3.63) is 70.0 Å². The Labute approximate surface area is 193 Å². The largest absolute Gasteiger partial charge is 0.329 e. The van der Waals surface area contributed by atoms with E-state index >= 15 is 0 Å². The van der Waals surface area contributed by atoms with Gasteiger partial charge in [0.2, 0.25) is 0 Å². The van der Waals surface area contributed by atoms with Gasteiger partial charge in [0, 0.05) is 19.7 Å². The number of nitrogens with zero attached hydrogens (tertiary/aromatic N) is 6. The normalized spacial score (nSPS) is 18.6. The Hall–Kier alpha value is -3.07. The van der Waals surface area contributed by atoms with Crippen molar-refractivity contribution >= 4 is 32.9 Å². The van der Waals surface area contributed by atoms with Gasteiger partial charge in [-0.1, -0.05) is 11.6 Å². The summed E-state index contributed by atoms with van der Waals surface area (Å²) in [5.74, 6) is 0.283. The smallest absolute Gasteiger partial charge is 0.256 e. The van der Waals surface area contributed by atoms with Crippen LogP contribution in [-0.2, 0) is 12.6 Å². The molecular formula is C23H22BrFN6O. The fourth-order valence-corrected chi connectivity index (χ4v) is 5.00. The molecule has 1 fully saturated rings. The van der Waals surface area contributed by atoms with Crippen LogP contribution in [0.2, 0.25) is 0 Å². The van der Waals surface area contributed by atoms with E-state index in [9.17, 15) is 9.18 Å². The van der Waals surface area contributed by atoms with Gasteiger partial charge in [-0.2, -0.15) is 15.0 Å². The number of aryl methyl sites for hydroxylation is 2. The summed E-state index contributed by atoms with van der Waals surface area (Å²) in [6, 6.07) is 8.84. The molecule has 0 N–H and O–H groups in total. The van der Waals surface area contributed by atoms with Crippen molar-refractivity contribution in [2.45, 2.75) is 32.2 Å². The molecule has 5 rings (SSSR count). The van der Waals surface area contributed by atoms with Gasteiger partial charge in [-0.15, -0.1) is 0 Å². The Morgan fingerprint density at radius 3 is 2.69 bits per heavy atom. The van der Waals surface area contributed by atoms with Crippen LogP contribution in [0.4, 0.5) is 4.39 Å². The third kappa shape index (κ3) is 3.14. The minimum atomic E-state index is -0.633. The van der Waals surface area contributed by atoms with E-state index in [-0.39, 0.29) is 11.7 Å². The molecule has 0 saturated carbocycles. The van der Waals surface area contributed by atoms with E-state index in [1.54, 1.807) is 18.5 Å². The number of imidazole rings is 1. The molecule has 2 aromatic carbocycles. The van der Waals surface area contributed by atoms with Crippen LogP contribution in [0, 0.1) is 12.7 Å². The fourth-order valence-electron chi connectivity index (χ4n) is 4.67. The number of carbonyl (C=O) groups excluding carboxylic acids is 1. The summed E-state index contributed by atoms with van der Waals surface area (Å²) in [7, 11) is 1.91. The Morgan fingerprint density at radius 2 is 1.94 bits per heavy atom. The van der Waals surface area contributed by atoms with Gasteiger partial charge >= 0.3 is 0 Å². The number of rotatable bonds is 3. The number of carbonyl (C=O) groups is 1. The van der Waals surface area contributed by atoms with Crippen molar-refractivity contribution in [1.29, 1.82) is 0 Å². The van der Waals surface area contributed by atoms with Crippen LogP contribution < -0.4 is 0 Å². The summed E-state index contributed by atoms with van der Waals surface area (Å²) in [5, 5.41) is 8.44. The summed E-state index contributed by atoms with van der Waals surface area (Å²) in [6.45, 7) is 4.60. The highest BCUT2D eigenvalue weighted by molar-refractivity contribution is 9.10. The van der Waals surface area contributed by atoms with Crippen LogP contribution in [0.1, 0.15) is 41.5 Å². The average Bonchev–Trinajstić information content (AvgIpc) is 3.49. The number of benzene rings is 2. The van der Waals surface area contributed by atoms with Gasteiger partial charge in [0.1, 0.15) is 11.6 Å². The van der Waals surface area contributed by atoms with Crippen LogP contribution in [0.25, 0.3) is 16.7 Å². The Balaban J connectivity index is 1.62.